The molecule has 1 atom stereocenters. The number of hydrogen-bond donors (Lipinski definition) is 1. The Hall–Kier alpha value is -2.89. The number of nitrogens with one attached hydrogen (secondary N) is 1. The zero-order valence-electron chi connectivity index (χ0n) is 15.8. The Morgan fingerprint density at radius 2 is 2.00 bits per heavy atom. The highest BCUT2D eigenvalue weighted by molar-refractivity contribution is 6.02. The summed E-state index contributed by atoms with van der Waals surface area (Å²) in [6.07, 6.45) is 7.42. The molecule has 0 aliphatic carbocycles. The molecule has 0 bridgehead atoms. The summed E-state index contributed by atoms with van der Waals surface area (Å²) in [7, 11) is 0. The lowest BCUT2D eigenvalue weighted by Gasteiger charge is -2.31. The van der Waals surface area contributed by atoms with Crippen LogP contribution in [0.15, 0.2) is 48.9 Å². The average Bonchev–Trinajstić information content (AvgIpc) is 3.14. The van der Waals surface area contributed by atoms with Crippen molar-refractivity contribution in [2.75, 3.05) is 23.3 Å². The molecule has 1 fully saturated rings. The molecule has 1 aliphatic rings. The summed E-state index contributed by atoms with van der Waals surface area (Å²) >= 11 is 0. The Morgan fingerprint density at radius 1 is 1.19 bits per heavy atom. The molecular formula is C21H25N5O. The molecule has 0 radical (unpaired) electrons. The number of piperidine rings is 1. The molecule has 1 aliphatic heterocycles. The van der Waals surface area contributed by atoms with Gasteiger partial charge in [0.05, 0.1) is 17.1 Å². The number of nitrogens with zero attached hydrogens (tertiary/aromatic N) is 4. The Bertz CT molecular complexity index is 934. The van der Waals surface area contributed by atoms with E-state index in [1.165, 1.54) is 0 Å². The van der Waals surface area contributed by atoms with Gasteiger partial charge in [0.2, 0.25) is 11.9 Å². The van der Waals surface area contributed by atoms with Crippen molar-refractivity contribution >= 4 is 28.4 Å². The quantitative estimate of drug-likeness (QED) is 0.764. The zero-order chi connectivity index (χ0) is 18.8. The number of rotatable bonds is 4. The normalized spacial score (nSPS) is 17.4. The van der Waals surface area contributed by atoms with Crippen LogP contribution in [0.4, 0.5) is 11.6 Å². The molecule has 1 saturated heterocycles. The first-order chi connectivity index (χ1) is 13.1. The maximum Gasteiger partial charge on any atom is 0.229 e. The van der Waals surface area contributed by atoms with E-state index in [1.807, 2.05) is 18.2 Å². The molecule has 1 aromatic carbocycles. The van der Waals surface area contributed by atoms with E-state index in [4.69, 9.17) is 0 Å². The molecule has 3 heterocycles. The first-order valence-corrected chi connectivity index (χ1v) is 9.56. The fraction of sp³-hybridized carbons (Fsp3) is 0.381. The first-order valence-electron chi connectivity index (χ1n) is 9.56. The molecular weight excluding hydrogens is 338 g/mol. The van der Waals surface area contributed by atoms with Crippen LogP contribution in [0.1, 0.15) is 32.7 Å². The van der Waals surface area contributed by atoms with Crippen LogP contribution in [0.5, 0.6) is 0 Å². The molecule has 140 valence electrons. The number of anilines is 2. The van der Waals surface area contributed by atoms with Crippen LogP contribution in [-0.4, -0.2) is 33.5 Å². The number of hydrogen-bond acceptors (Lipinski definition) is 4. The van der Waals surface area contributed by atoms with Crippen LogP contribution in [0, 0.1) is 5.92 Å². The van der Waals surface area contributed by atoms with E-state index < -0.39 is 0 Å². The van der Waals surface area contributed by atoms with Crippen molar-refractivity contribution in [1.29, 1.82) is 0 Å². The minimum atomic E-state index is -0.0648. The van der Waals surface area contributed by atoms with Gasteiger partial charge in [-0.25, -0.2) is 9.97 Å². The van der Waals surface area contributed by atoms with Crippen molar-refractivity contribution in [2.24, 2.45) is 5.92 Å². The van der Waals surface area contributed by atoms with Gasteiger partial charge in [0.15, 0.2) is 0 Å². The zero-order valence-corrected chi connectivity index (χ0v) is 15.8. The van der Waals surface area contributed by atoms with Gasteiger partial charge in [-0.3, -0.25) is 4.79 Å². The average molecular weight is 363 g/mol. The van der Waals surface area contributed by atoms with E-state index >= 15 is 0 Å². The van der Waals surface area contributed by atoms with E-state index in [2.05, 4.69) is 56.9 Å². The molecule has 1 amide bonds. The maximum atomic E-state index is 12.9. The van der Waals surface area contributed by atoms with Crippen LogP contribution in [-0.2, 0) is 4.79 Å². The van der Waals surface area contributed by atoms with Gasteiger partial charge in [-0.15, -0.1) is 0 Å². The van der Waals surface area contributed by atoms with E-state index in [-0.39, 0.29) is 11.8 Å². The minimum Gasteiger partial charge on any atom is -0.345 e. The third-order valence-electron chi connectivity index (χ3n) is 5.20. The van der Waals surface area contributed by atoms with Gasteiger partial charge in [0.1, 0.15) is 0 Å². The highest BCUT2D eigenvalue weighted by atomic mass is 16.1. The molecule has 0 unspecified atom stereocenters. The fourth-order valence-electron chi connectivity index (χ4n) is 3.81. The molecule has 6 nitrogen and oxygen atoms in total. The Kier molecular flexibility index (Phi) is 4.79. The van der Waals surface area contributed by atoms with E-state index in [1.54, 1.807) is 12.4 Å². The summed E-state index contributed by atoms with van der Waals surface area (Å²) in [6.45, 7) is 5.86. The fourth-order valence-corrected chi connectivity index (χ4v) is 3.81. The Labute approximate surface area is 159 Å². The summed E-state index contributed by atoms with van der Waals surface area (Å²) in [5.41, 5.74) is 2.02. The number of benzene rings is 1. The van der Waals surface area contributed by atoms with Gasteiger partial charge in [-0.1, -0.05) is 6.07 Å². The van der Waals surface area contributed by atoms with Crippen LogP contribution in [0.25, 0.3) is 10.9 Å². The summed E-state index contributed by atoms with van der Waals surface area (Å²) < 4.78 is 2.22. The predicted molar refractivity (Wildman–Crippen MR) is 108 cm³/mol. The number of aromatic nitrogens is 3. The number of carbonyl (C=O) groups is 1. The minimum absolute atomic E-state index is 0.0648. The largest absolute Gasteiger partial charge is 0.345 e. The number of amides is 1. The number of carbonyl (C=O) groups excluding carboxylic acids is 1. The van der Waals surface area contributed by atoms with Gasteiger partial charge >= 0.3 is 0 Å². The monoisotopic (exact) mass is 363 g/mol. The molecule has 4 rings (SSSR count). The van der Waals surface area contributed by atoms with Crippen LogP contribution in [0.2, 0.25) is 0 Å². The van der Waals surface area contributed by atoms with E-state index in [0.29, 0.717) is 18.5 Å². The van der Waals surface area contributed by atoms with Crippen molar-refractivity contribution in [3.63, 3.8) is 0 Å². The standard InChI is InChI=1S/C21H25N5O/c1-15(2)26-13-9-17-18(7-3-8-19(17)26)24-20(27)16-6-4-12-25(14-16)21-22-10-5-11-23-21/h3,5,7-11,13,15-16H,4,6,12,14H2,1-2H3,(H,24,27)/t16-/m1/s1. The van der Waals surface area contributed by atoms with Crippen molar-refractivity contribution in [3.05, 3.63) is 48.9 Å². The van der Waals surface area contributed by atoms with Gasteiger partial charge in [-0.05, 0) is 51.0 Å². The second kappa shape index (κ2) is 7.39. The molecule has 1 N–H and O–H groups in total. The summed E-state index contributed by atoms with van der Waals surface area (Å²) in [5, 5.41) is 4.24. The molecule has 0 saturated carbocycles. The van der Waals surface area contributed by atoms with Gasteiger partial charge in [0.25, 0.3) is 0 Å². The van der Waals surface area contributed by atoms with Gasteiger partial charge < -0.3 is 14.8 Å². The summed E-state index contributed by atoms with van der Waals surface area (Å²) in [5.74, 6) is 0.705. The lowest BCUT2D eigenvalue weighted by atomic mass is 9.97. The molecule has 27 heavy (non-hydrogen) atoms. The maximum absolute atomic E-state index is 12.9. The SMILES string of the molecule is CC(C)n1ccc2c(NC(=O)[C@@H]3CCCN(c4ncccn4)C3)cccc21. The second-order valence-corrected chi connectivity index (χ2v) is 7.38. The predicted octanol–water partition coefficient (Wildman–Crippen LogP) is 3.87. The Balaban J connectivity index is 1.51. The van der Waals surface area contributed by atoms with Crippen LogP contribution < -0.4 is 10.2 Å². The molecule has 3 aromatic rings. The van der Waals surface area contributed by atoms with Gasteiger partial charge in [-0.2, -0.15) is 0 Å². The lowest BCUT2D eigenvalue weighted by molar-refractivity contribution is -0.120. The first kappa shape index (κ1) is 17.5. The highest BCUT2D eigenvalue weighted by Crippen LogP contribution is 2.28. The van der Waals surface area contributed by atoms with E-state index in [9.17, 15) is 4.79 Å². The Morgan fingerprint density at radius 3 is 2.78 bits per heavy atom. The molecule has 2 aromatic heterocycles. The van der Waals surface area contributed by atoms with Crippen molar-refractivity contribution in [1.82, 2.24) is 14.5 Å². The van der Waals surface area contributed by atoms with E-state index in [0.717, 1.165) is 36.0 Å². The van der Waals surface area contributed by atoms with Crippen molar-refractivity contribution < 1.29 is 4.79 Å². The second-order valence-electron chi connectivity index (χ2n) is 7.38. The third kappa shape index (κ3) is 3.52. The molecule has 0 spiro atoms. The van der Waals surface area contributed by atoms with Gasteiger partial charge in [0, 0.05) is 43.1 Å². The van der Waals surface area contributed by atoms with Crippen molar-refractivity contribution in [2.45, 2.75) is 32.7 Å². The van der Waals surface area contributed by atoms with Crippen LogP contribution >= 0.6 is 0 Å². The third-order valence-corrected chi connectivity index (χ3v) is 5.20. The van der Waals surface area contributed by atoms with Crippen LogP contribution in [0.3, 0.4) is 0 Å². The number of fused-ring (bicyclic) bond motifs is 1. The lowest BCUT2D eigenvalue weighted by Crippen LogP contribution is -2.41. The molecule has 6 heteroatoms. The summed E-state index contributed by atoms with van der Waals surface area (Å²) in [4.78, 5) is 23.7. The topological polar surface area (TPSA) is 63.1 Å². The summed E-state index contributed by atoms with van der Waals surface area (Å²) in [6, 6.07) is 10.3. The smallest absolute Gasteiger partial charge is 0.229 e. The van der Waals surface area contributed by atoms with Crippen molar-refractivity contribution in [3.8, 4) is 0 Å². The highest BCUT2D eigenvalue weighted by Gasteiger charge is 2.27.